The normalized spacial score (nSPS) is 41.3. The molecule has 0 spiro atoms. The van der Waals surface area contributed by atoms with Crippen LogP contribution in [0.2, 0.25) is 0 Å². The highest BCUT2D eigenvalue weighted by atomic mass is 19.1. The largest absolute Gasteiger partial charge is 0.494 e. The van der Waals surface area contributed by atoms with E-state index in [9.17, 15) is 29.2 Å². The van der Waals surface area contributed by atoms with E-state index in [1.165, 1.54) is 6.07 Å². The average Bonchev–Trinajstić information content (AvgIpc) is 3.41. The van der Waals surface area contributed by atoms with Crippen LogP contribution in [0.4, 0.5) is 4.39 Å². The summed E-state index contributed by atoms with van der Waals surface area (Å²) in [6, 6.07) is 2.95. The lowest BCUT2D eigenvalue weighted by molar-refractivity contribution is -0.207. The van der Waals surface area contributed by atoms with Crippen molar-refractivity contribution in [3.05, 3.63) is 36.2 Å². The van der Waals surface area contributed by atoms with Crippen molar-refractivity contribution in [3.63, 3.8) is 0 Å². The Balaban J connectivity index is 1.46. The van der Waals surface area contributed by atoms with Crippen LogP contribution in [-0.4, -0.2) is 59.0 Å². The number of Topliss-reactive ketones (excluding diaryl/α,β-unsaturated/α-hetero) is 1. The smallest absolute Gasteiger partial charge is 0.479 e. The number of hydrogen-bond donors (Lipinski definition) is 3. The van der Waals surface area contributed by atoms with E-state index >= 15 is 0 Å². The van der Waals surface area contributed by atoms with Crippen LogP contribution in [0.1, 0.15) is 58.9 Å². The van der Waals surface area contributed by atoms with Gasteiger partial charge in [0.1, 0.15) is 12.2 Å². The van der Waals surface area contributed by atoms with Crippen molar-refractivity contribution in [1.82, 2.24) is 0 Å². The first-order valence-electron chi connectivity index (χ1n) is 13.8. The summed E-state index contributed by atoms with van der Waals surface area (Å²) in [5, 5.41) is 32.3. The van der Waals surface area contributed by atoms with E-state index in [4.69, 9.17) is 14.1 Å². The number of fused-ring (bicyclic) bond motifs is 1. The fraction of sp³-hybridized carbons (Fsp3) is 0.655. The SMILES string of the molecule is C=C[C@]1(C)C[C@@H](OC(=O)COc2ccc3c(c2F)B(O)OC3)[C@]2(C)[C@H](C)CC[C@]3(C[C@H](O)C(=O)[C@H]32)[C@@H](C)[C@@H]1O. The third-order valence-corrected chi connectivity index (χ3v) is 10.8. The first-order chi connectivity index (χ1) is 18.3. The Kier molecular flexibility index (Phi) is 7.02. The van der Waals surface area contributed by atoms with E-state index in [1.807, 2.05) is 27.7 Å². The molecule has 0 aromatic heterocycles. The van der Waals surface area contributed by atoms with Crippen LogP contribution in [0.3, 0.4) is 0 Å². The van der Waals surface area contributed by atoms with Gasteiger partial charge >= 0.3 is 13.1 Å². The zero-order valence-electron chi connectivity index (χ0n) is 23.0. The molecule has 3 saturated carbocycles. The van der Waals surface area contributed by atoms with E-state index < -0.39 is 66.0 Å². The van der Waals surface area contributed by atoms with Gasteiger partial charge in [-0.3, -0.25) is 4.79 Å². The predicted octanol–water partition coefficient (Wildman–Crippen LogP) is 2.30. The number of aliphatic hydroxyl groups is 2. The van der Waals surface area contributed by atoms with Crippen LogP contribution in [0.25, 0.3) is 0 Å². The zero-order chi connectivity index (χ0) is 28.5. The van der Waals surface area contributed by atoms with Gasteiger partial charge in [0.15, 0.2) is 24.0 Å². The lowest BCUT2D eigenvalue weighted by Gasteiger charge is -2.61. The van der Waals surface area contributed by atoms with E-state index in [1.54, 1.807) is 12.1 Å². The fourth-order valence-electron chi connectivity index (χ4n) is 8.18. The van der Waals surface area contributed by atoms with Crippen molar-refractivity contribution in [3.8, 4) is 5.75 Å². The van der Waals surface area contributed by atoms with Gasteiger partial charge < -0.3 is 29.4 Å². The Morgan fingerprint density at radius 3 is 2.69 bits per heavy atom. The minimum Gasteiger partial charge on any atom is -0.479 e. The number of halogens is 1. The summed E-state index contributed by atoms with van der Waals surface area (Å²) in [4.78, 5) is 26.8. The summed E-state index contributed by atoms with van der Waals surface area (Å²) in [7, 11) is -1.40. The van der Waals surface area contributed by atoms with Gasteiger partial charge in [-0.15, -0.1) is 6.58 Å². The van der Waals surface area contributed by atoms with Gasteiger partial charge in [-0.25, -0.2) is 9.18 Å². The number of ether oxygens (including phenoxy) is 2. The monoisotopic (exact) mass is 544 g/mol. The van der Waals surface area contributed by atoms with Crippen molar-refractivity contribution < 1.29 is 43.3 Å². The van der Waals surface area contributed by atoms with Crippen molar-refractivity contribution >= 4 is 24.3 Å². The fourth-order valence-corrected chi connectivity index (χ4v) is 8.18. The summed E-state index contributed by atoms with van der Waals surface area (Å²) in [5.41, 5.74) is -1.79. The second kappa shape index (κ2) is 9.68. The van der Waals surface area contributed by atoms with E-state index in [0.29, 0.717) is 12.0 Å². The van der Waals surface area contributed by atoms with Gasteiger partial charge in [-0.2, -0.15) is 0 Å². The van der Waals surface area contributed by atoms with Gasteiger partial charge in [0, 0.05) is 22.2 Å². The molecule has 1 heterocycles. The quantitative estimate of drug-likeness (QED) is 0.293. The van der Waals surface area contributed by atoms with Gasteiger partial charge in [-0.1, -0.05) is 39.8 Å². The maximum atomic E-state index is 14.9. The standard InChI is InChI=1S/C29H38BFO8/c1-6-27(4)12-20(39-21(33)14-37-19-8-7-17-13-38-30(36)22(17)23(19)31)28(5)15(2)9-10-29(16(3)26(27)35)11-18(32)24(34)25(28)29/h6-8,15-16,18,20,25-26,32,35-36H,1,9-14H2,2-5H3/t15-,16+,18+,20-,25+,26+,27-,28+,29+/m1/s1. The van der Waals surface area contributed by atoms with Crippen LogP contribution in [0.15, 0.2) is 24.8 Å². The molecule has 3 N–H and O–H groups in total. The summed E-state index contributed by atoms with van der Waals surface area (Å²) in [6.07, 6.45) is 0.802. The summed E-state index contributed by atoms with van der Waals surface area (Å²) >= 11 is 0. The predicted molar refractivity (Wildman–Crippen MR) is 140 cm³/mol. The number of ketones is 1. The van der Waals surface area contributed by atoms with Crippen LogP contribution in [0, 0.1) is 39.8 Å². The molecule has 1 aromatic rings. The molecule has 9 atom stereocenters. The molecule has 1 aliphatic heterocycles. The van der Waals surface area contributed by atoms with Gasteiger partial charge in [0.05, 0.1) is 12.7 Å². The molecule has 2 bridgehead atoms. The Morgan fingerprint density at radius 2 is 2.00 bits per heavy atom. The van der Waals surface area contributed by atoms with Crippen LogP contribution < -0.4 is 10.2 Å². The first-order valence-corrected chi connectivity index (χ1v) is 13.8. The lowest BCUT2D eigenvalue weighted by atomic mass is 9.44. The number of rotatable bonds is 5. The number of carbonyl (C=O) groups excluding carboxylic acids is 2. The third kappa shape index (κ3) is 4.09. The average molecular weight is 544 g/mol. The molecular weight excluding hydrogens is 506 g/mol. The molecule has 4 aliphatic rings. The Bertz CT molecular complexity index is 1190. The first kappa shape index (κ1) is 28.3. The number of aliphatic hydroxyl groups excluding tert-OH is 2. The highest BCUT2D eigenvalue weighted by Gasteiger charge is 2.70. The lowest BCUT2D eigenvalue weighted by Crippen LogP contribution is -2.63. The minimum atomic E-state index is -1.40. The molecule has 10 heteroatoms. The number of carbonyl (C=O) groups is 2. The Hall–Kier alpha value is -2.27. The molecule has 39 heavy (non-hydrogen) atoms. The number of esters is 1. The summed E-state index contributed by atoms with van der Waals surface area (Å²) < 4.78 is 31.6. The molecule has 8 nitrogen and oxygen atoms in total. The maximum Gasteiger partial charge on any atom is 0.494 e. The van der Waals surface area contributed by atoms with E-state index in [0.717, 1.165) is 6.42 Å². The maximum absolute atomic E-state index is 14.9. The molecule has 0 saturated heterocycles. The third-order valence-electron chi connectivity index (χ3n) is 10.8. The molecule has 3 fully saturated rings. The van der Waals surface area contributed by atoms with Gasteiger partial charge in [0.25, 0.3) is 0 Å². The molecule has 0 amide bonds. The summed E-state index contributed by atoms with van der Waals surface area (Å²) in [6.45, 7) is 11.3. The Labute approximate surface area is 228 Å². The molecule has 5 rings (SSSR count). The second-order valence-corrected chi connectivity index (χ2v) is 12.6. The second-order valence-electron chi connectivity index (χ2n) is 12.6. The zero-order valence-corrected chi connectivity index (χ0v) is 23.0. The molecule has 212 valence electrons. The van der Waals surface area contributed by atoms with Gasteiger partial charge in [0.2, 0.25) is 0 Å². The van der Waals surface area contributed by atoms with Crippen LogP contribution >= 0.6 is 0 Å². The number of benzene rings is 1. The van der Waals surface area contributed by atoms with Crippen LogP contribution in [0.5, 0.6) is 5.75 Å². The Morgan fingerprint density at radius 1 is 1.28 bits per heavy atom. The molecule has 1 aromatic carbocycles. The topological polar surface area (TPSA) is 123 Å². The highest BCUT2D eigenvalue weighted by molar-refractivity contribution is 6.61. The molecular formula is C29H38BFO8. The van der Waals surface area contributed by atoms with Crippen LogP contribution in [-0.2, 0) is 25.6 Å². The van der Waals surface area contributed by atoms with E-state index in [-0.39, 0.29) is 48.3 Å². The van der Waals surface area contributed by atoms with E-state index in [2.05, 4.69) is 6.58 Å². The van der Waals surface area contributed by atoms with Gasteiger partial charge in [-0.05, 0) is 54.6 Å². The number of hydrogen-bond acceptors (Lipinski definition) is 8. The van der Waals surface area contributed by atoms with Crippen molar-refractivity contribution in [2.45, 2.75) is 78.3 Å². The van der Waals surface area contributed by atoms with Crippen molar-refractivity contribution in [2.24, 2.45) is 34.0 Å². The highest BCUT2D eigenvalue weighted by Crippen LogP contribution is 2.68. The minimum absolute atomic E-state index is 0.0103. The van der Waals surface area contributed by atoms with Crippen molar-refractivity contribution in [2.75, 3.05) is 6.61 Å². The van der Waals surface area contributed by atoms with Crippen molar-refractivity contribution in [1.29, 1.82) is 0 Å². The molecule has 0 radical (unpaired) electrons. The molecule has 0 unspecified atom stereocenters. The summed E-state index contributed by atoms with van der Waals surface area (Å²) in [5.74, 6) is -2.92. The molecule has 3 aliphatic carbocycles.